The molecule has 0 radical (unpaired) electrons. The minimum absolute atomic E-state index is 0.0805. The van der Waals surface area contributed by atoms with E-state index in [0.717, 1.165) is 30.7 Å². The van der Waals surface area contributed by atoms with Crippen LogP contribution < -0.4 is 5.32 Å². The van der Waals surface area contributed by atoms with E-state index in [9.17, 15) is 13.2 Å². The molecule has 1 rings (SSSR count). The molecular formula is C15H26F3N3. The van der Waals surface area contributed by atoms with E-state index in [-0.39, 0.29) is 12.5 Å². The summed E-state index contributed by atoms with van der Waals surface area (Å²) in [5.74, 6) is 0. The van der Waals surface area contributed by atoms with Crippen molar-refractivity contribution in [2.45, 2.75) is 71.6 Å². The summed E-state index contributed by atoms with van der Waals surface area (Å²) < 4.78 is 38.6. The van der Waals surface area contributed by atoms with E-state index in [1.807, 2.05) is 20.9 Å². The highest BCUT2D eigenvalue weighted by atomic mass is 19.4. The Balaban J connectivity index is 2.99. The molecule has 0 fully saturated rings. The maximum absolute atomic E-state index is 12.3. The number of aryl methyl sites for hydroxylation is 2. The van der Waals surface area contributed by atoms with Crippen LogP contribution in [-0.4, -0.2) is 23.0 Å². The third-order valence-corrected chi connectivity index (χ3v) is 3.78. The fraction of sp³-hybridized carbons (Fsp3) is 0.800. The third kappa shape index (κ3) is 4.73. The second-order valence-corrected chi connectivity index (χ2v) is 5.21. The lowest BCUT2D eigenvalue weighted by Gasteiger charge is -2.16. The molecule has 1 atom stereocenters. The number of alkyl halides is 3. The standard InChI is InChI=1S/C15H26F3N3/c1-5-11(19-4)14-12(6-2)20-21(13(14)7-3)10-8-9-15(16,17)18/h11,19H,5-10H2,1-4H3. The normalized spacial score (nSPS) is 13.7. The lowest BCUT2D eigenvalue weighted by atomic mass is 9.99. The SMILES string of the molecule is CCc1nn(CCCC(F)(F)F)c(CC)c1C(CC)NC. The van der Waals surface area contributed by atoms with E-state index >= 15 is 0 Å². The second-order valence-electron chi connectivity index (χ2n) is 5.21. The minimum atomic E-state index is -4.09. The highest BCUT2D eigenvalue weighted by molar-refractivity contribution is 5.30. The topological polar surface area (TPSA) is 29.9 Å². The van der Waals surface area contributed by atoms with E-state index in [4.69, 9.17) is 0 Å². The quantitative estimate of drug-likeness (QED) is 0.786. The van der Waals surface area contributed by atoms with Gasteiger partial charge in [0.25, 0.3) is 0 Å². The van der Waals surface area contributed by atoms with Gasteiger partial charge >= 0.3 is 6.18 Å². The highest BCUT2D eigenvalue weighted by Gasteiger charge is 2.27. The first-order valence-electron chi connectivity index (χ1n) is 7.70. The molecule has 1 aromatic rings. The lowest BCUT2D eigenvalue weighted by molar-refractivity contribution is -0.136. The Bertz CT molecular complexity index is 434. The predicted octanol–water partition coefficient (Wildman–Crippen LogP) is 4.02. The molecule has 1 N–H and O–H groups in total. The van der Waals surface area contributed by atoms with E-state index in [1.54, 1.807) is 4.68 Å². The molecular weight excluding hydrogens is 279 g/mol. The lowest BCUT2D eigenvalue weighted by Crippen LogP contribution is -2.18. The zero-order chi connectivity index (χ0) is 16.0. The first-order valence-corrected chi connectivity index (χ1v) is 7.70. The molecule has 0 amide bonds. The van der Waals surface area contributed by atoms with Crippen molar-refractivity contribution in [3.63, 3.8) is 0 Å². The van der Waals surface area contributed by atoms with Gasteiger partial charge in [0, 0.05) is 30.3 Å². The molecule has 0 saturated carbocycles. The summed E-state index contributed by atoms with van der Waals surface area (Å²) in [6, 6.07) is 0.214. The average molecular weight is 305 g/mol. The largest absolute Gasteiger partial charge is 0.389 e. The summed E-state index contributed by atoms with van der Waals surface area (Å²) in [7, 11) is 1.91. The molecule has 0 bridgehead atoms. The van der Waals surface area contributed by atoms with Crippen LogP contribution in [0.2, 0.25) is 0 Å². The van der Waals surface area contributed by atoms with Crippen LogP contribution in [0.5, 0.6) is 0 Å². The van der Waals surface area contributed by atoms with E-state index in [2.05, 4.69) is 17.3 Å². The maximum atomic E-state index is 12.3. The van der Waals surface area contributed by atoms with E-state index in [0.29, 0.717) is 6.54 Å². The fourth-order valence-electron chi connectivity index (χ4n) is 2.77. The van der Waals surface area contributed by atoms with Crippen molar-refractivity contribution in [1.82, 2.24) is 15.1 Å². The molecule has 1 aromatic heterocycles. The van der Waals surface area contributed by atoms with Crippen LogP contribution in [0.15, 0.2) is 0 Å². The van der Waals surface area contributed by atoms with Crippen molar-refractivity contribution in [2.24, 2.45) is 0 Å². The van der Waals surface area contributed by atoms with Crippen molar-refractivity contribution in [1.29, 1.82) is 0 Å². The van der Waals surface area contributed by atoms with Crippen LogP contribution in [0.25, 0.3) is 0 Å². The number of nitrogens with one attached hydrogen (secondary N) is 1. The molecule has 0 saturated heterocycles. The molecule has 0 aromatic carbocycles. The van der Waals surface area contributed by atoms with Crippen molar-refractivity contribution >= 4 is 0 Å². The molecule has 3 nitrogen and oxygen atoms in total. The number of hydrogen-bond donors (Lipinski definition) is 1. The van der Waals surface area contributed by atoms with Gasteiger partial charge in [-0.15, -0.1) is 0 Å². The number of nitrogens with zero attached hydrogens (tertiary/aromatic N) is 2. The summed E-state index contributed by atoms with van der Waals surface area (Å²) in [4.78, 5) is 0. The Hall–Kier alpha value is -1.04. The Morgan fingerprint density at radius 3 is 2.29 bits per heavy atom. The van der Waals surface area contributed by atoms with Gasteiger partial charge in [-0.25, -0.2) is 0 Å². The molecule has 6 heteroatoms. The van der Waals surface area contributed by atoms with Crippen LogP contribution in [0.4, 0.5) is 13.2 Å². The van der Waals surface area contributed by atoms with E-state index < -0.39 is 12.6 Å². The Morgan fingerprint density at radius 2 is 1.86 bits per heavy atom. The van der Waals surface area contributed by atoms with Crippen LogP contribution >= 0.6 is 0 Å². The first kappa shape index (κ1) is 18.0. The van der Waals surface area contributed by atoms with Crippen LogP contribution in [0, 0.1) is 0 Å². The van der Waals surface area contributed by atoms with Gasteiger partial charge < -0.3 is 5.32 Å². The zero-order valence-corrected chi connectivity index (χ0v) is 13.3. The average Bonchev–Trinajstić information content (AvgIpc) is 2.77. The van der Waals surface area contributed by atoms with Crippen molar-refractivity contribution < 1.29 is 13.2 Å². The summed E-state index contributed by atoms with van der Waals surface area (Å²) in [5.41, 5.74) is 3.24. The van der Waals surface area contributed by atoms with Gasteiger partial charge in [-0.05, 0) is 32.7 Å². The number of rotatable bonds is 8. The molecule has 1 unspecified atom stereocenters. The summed E-state index contributed by atoms with van der Waals surface area (Å²) >= 11 is 0. The summed E-state index contributed by atoms with van der Waals surface area (Å²) in [5, 5.41) is 7.82. The zero-order valence-electron chi connectivity index (χ0n) is 13.3. The maximum Gasteiger partial charge on any atom is 0.389 e. The van der Waals surface area contributed by atoms with Gasteiger partial charge in [-0.3, -0.25) is 4.68 Å². The van der Waals surface area contributed by atoms with Crippen molar-refractivity contribution in [2.75, 3.05) is 7.05 Å². The molecule has 21 heavy (non-hydrogen) atoms. The molecule has 0 spiro atoms. The van der Waals surface area contributed by atoms with E-state index in [1.165, 1.54) is 5.56 Å². The van der Waals surface area contributed by atoms with Crippen molar-refractivity contribution in [3.8, 4) is 0 Å². The van der Waals surface area contributed by atoms with Gasteiger partial charge in [0.15, 0.2) is 0 Å². The van der Waals surface area contributed by atoms with Crippen LogP contribution in [0.3, 0.4) is 0 Å². The fourth-order valence-corrected chi connectivity index (χ4v) is 2.77. The minimum Gasteiger partial charge on any atom is -0.313 e. The van der Waals surface area contributed by atoms with Gasteiger partial charge in [0.2, 0.25) is 0 Å². The third-order valence-electron chi connectivity index (χ3n) is 3.78. The van der Waals surface area contributed by atoms with Gasteiger partial charge in [-0.2, -0.15) is 18.3 Å². The molecule has 1 heterocycles. The number of hydrogen-bond acceptors (Lipinski definition) is 2. The van der Waals surface area contributed by atoms with Gasteiger partial charge in [0.1, 0.15) is 0 Å². The predicted molar refractivity (Wildman–Crippen MR) is 78.4 cm³/mol. The summed E-state index contributed by atoms with van der Waals surface area (Å²) in [6.07, 6.45) is -2.25. The number of aromatic nitrogens is 2. The van der Waals surface area contributed by atoms with Gasteiger partial charge in [-0.1, -0.05) is 20.8 Å². The Labute approximate surface area is 124 Å². The molecule has 0 aliphatic rings. The first-order chi connectivity index (χ1) is 9.87. The summed E-state index contributed by atoms with van der Waals surface area (Å²) in [6.45, 7) is 6.49. The molecule has 122 valence electrons. The highest BCUT2D eigenvalue weighted by Crippen LogP contribution is 2.27. The molecule has 0 aliphatic carbocycles. The smallest absolute Gasteiger partial charge is 0.313 e. The van der Waals surface area contributed by atoms with Crippen LogP contribution in [0.1, 0.15) is 63.0 Å². The van der Waals surface area contributed by atoms with Gasteiger partial charge in [0.05, 0.1) is 5.69 Å². The monoisotopic (exact) mass is 305 g/mol. The van der Waals surface area contributed by atoms with Crippen LogP contribution in [-0.2, 0) is 19.4 Å². The second kappa shape index (κ2) is 7.82. The van der Waals surface area contributed by atoms with Crippen molar-refractivity contribution in [3.05, 3.63) is 17.0 Å². The molecule has 0 aliphatic heterocycles. The Kier molecular flexibility index (Phi) is 6.71. The Morgan fingerprint density at radius 1 is 1.19 bits per heavy atom. The number of halogens is 3.